The van der Waals surface area contributed by atoms with Crippen LogP contribution in [0.1, 0.15) is 36.0 Å². The number of aliphatic hydroxyl groups excluding tert-OH is 1. The second kappa shape index (κ2) is 6.10. The van der Waals surface area contributed by atoms with Gasteiger partial charge in [0.25, 0.3) is 5.91 Å². The van der Waals surface area contributed by atoms with Crippen LogP contribution in [0.4, 0.5) is 8.78 Å². The van der Waals surface area contributed by atoms with Gasteiger partial charge in [0.1, 0.15) is 11.6 Å². The number of hydrogen-bond acceptors (Lipinski definition) is 2. The van der Waals surface area contributed by atoms with Gasteiger partial charge >= 0.3 is 0 Å². The Morgan fingerprint density at radius 3 is 2.84 bits per heavy atom. The third kappa shape index (κ3) is 3.10. The summed E-state index contributed by atoms with van der Waals surface area (Å²) in [5.41, 5.74) is -0.105. The maximum absolute atomic E-state index is 13.6. The first-order chi connectivity index (χ1) is 9.13. The summed E-state index contributed by atoms with van der Waals surface area (Å²) in [6.07, 6.45) is 3.18. The molecule has 1 saturated heterocycles. The summed E-state index contributed by atoms with van der Waals surface area (Å²) >= 11 is 0. The van der Waals surface area contributed by atoms with Gasteiger partial charge in [-0.1, -0.05) is 0 Å². The topological polar surface area (TPSA) is 40.5 Å². The third-order valence-electron chi connectivity index (χ3n) is 3.51. The van der Waals surface area contributed by atoms with Gasteiger partial charge in [-0.25, -0.2) is 8.78 Å². The van der Waals surface area contributed by atoms with Gasteiger partial charge in [0, 0.05) is 25.3 Å². The Balaban J connectivity index is 2.21. The average Bonchev–Trinajstić information content (AvgIpc) is 2.39. The lowest BCUT2D eigenvalue weighted by Gasteiger charge is -2.35. The van der Waals surface area contributed by atoms with Crippen LogP contribution in [0.25, 0.3) is 0 Å². The van der Waals surface area contributed by atoms with Crippen LogP contribution in [0, 0.1) is 11.6 Å². The van der Waals surface area contributed by atoms with E-state index in [2.05, 4.69) is 0 Å². The van der Waals surface area contributed by atoms with Crippen LogP contribution in [-0.2, 0) is 0 Å². The average molecular weight is 269 g/mol. The summed E-state index contributed by atoms with van der Waals surface area (Å²) in [6.45, 7) is 0.556. The molecule has 104 valence electrons. The minimum absolute atomic E-state index is 0.000344. The number of nitrogens with zero attached hydrogens (tertiary/aromatic N) is 1. The number of amides is 1. The Hall–Kier alpha value is -1.49. The van der Waals surface area contributed by atoms with Gasteiger partial charge in [0.2, 0.25) is 0 Å². The van der Waals surface area contributed by atoms with Gasteiger partial charge in [-0.15, -0.1) is 0 Å². The molecule has 0 bridgehead atoms. The highest BCUT2D eigenvalue weighted by Gasteiger charge is 2.28. The second-order valence-corrected chi connectivity index (χ2v) is 4.78. The minimum atomic E-state index is -0.835. The van der Waals surface area contributed by atoms with E-state index in [9.17, 15) is 13.6 Å². The maximum Gasteiger partial charge on any atom is 0.257 e. The Morgan fingerprint density at radius 2 is 2.16 bits per heavy atom. The number of halogens is 2. The van der Waals surface area contributed by atoms with E-state index >= 15 is 0 Å². The van der Waals surface area contributed by atoms with Crippen LogP contribution in [0.5, 0.6) is 0 Å². The molecule has 1 N–H and O–H groups in total. The van der Waals surface area contributed by atoms with E-state index in [0.717, 1.165) is 31.4 Å². The van der Waals surface area contributed by atoms with Crippen LogP contribution in [-0.4, -0.2) is 35.1 Å². The molecule has 0 aliphatic carbocycles. The molecular weight excluding hydrogens is 252 g/mol. The van der Waals surface area contributed by atoms with Crippen molar-refractivity contribution in [3.05, 3.63) is 35.4 Å². The fourth-order valence-corrected chi connectivity index (χ4v) is 2.53. The summed E-state index contributed by atoms with van der Waals surface area (Å²) in [5.74, 6) is -1.95. The van der Waals surface area contributed by atoms with Gasteiger partial charge in [-0.2, -0.15) is 0 Å². The lowest BCUT2D eigenvalue weighted by molar-refractivity contribution is 0.0570. The van der Waals surface area contributed by atoms with E-state index in [4.69, 9.17) is 5.11 Å². The van der Waals surface area contributed by atoms with Crippen molar-refractivity contribution in [2.75, 3.05) is 13.2 Å². The summed E-state index contributed by atoms with van der Waals surface area (Å²) in [7, 11) is 0. The molecule has 1 amide bonds. The van der Waals surface area contributed by atoms with Crippen LogP contribution in [0.15, 0.2) is 18.2 Å². The number of benzene rings is 1. The normalized spacial score (nSPS) is 19.5. The molecule has 1 atom stereocenters. The molecule has 5 heteroatoms. The van der Waals surface area contributed by atoms with E-state index in [1.165, 1.54) is 6.07 Å². The molecule has 1 heterocycles. The number of carbonyl (C=O) groups excluding carboxylic acids is 1. The molecule has 1 aromatic carbocycles. The smallest absolute Gasteiger partial charge is 0.257 e. The van der Waals surface area contributed by atoms with Gasteiger partial charge in [-0.3, -0.25) is 4.79 Å². The van der Waals surface area contributed by atoms with Crippen LogP contribution < -0.4 is 0 Å². The highest BCUT2D eigenvalue weighted by atomic mass is 19.1. The van der Waals surface area contributed by atoms with E-state index in [1.54, 1.807) is 4.90 Å². The number of piperidine rings is 1. The number of carbonyl (C=O) groups is 1. The molecule has 1 unspecified atom stereocenters. The van der Waals surface area contributed by atoms with Crippen molar-refractivity contribution >= 4 is 5.91 Å². The first-order valence-electron chi connectivity index (χ1n) is 6.50. The summed E-state index contributed by atoms with van der Waals surface area (Å²) in [5, 5.41) is 9.02. The fraction of sp³-hybridized carbons (Fsp3) is 0.500. The Morgan fingerprint density at radius 1 is 1.37 bits per heavy atom. The van der Waals surface area contributed by atoms with Crippen molar-refractivity contribution in [2.45, 2.75) is 31.7 Å². The predicted molar refractivity (Wildman–Crippen MR) is 66.7 cm³/mol. The van der Waals surface area contributed by atoms with E-state index in [1.807, 2.05) is 0 Å². The minimum Gasteiger partial charge on any atom is -0.396 e. The molecule has 2 rings (SSSR count). The summed E-state index contributed by atoms with van der Waals surface area (Å²) in [6, 6.07) is 2.92. The van der Waals surface area contributed by atoms with Crippen molar-refractivity contribution in [2.24, 2.45) is 0 Å². The largest absolute Gasteiger partial charge is 0.396 e. The van der Waals surface area contributed by atoms with Crippen molar-refractivity contribution in [1.82, 2.24) is 4.90 Å². The van der Waals surface area contributed by atoms with Crippen LogP contribution in [0.2, 0.25) is 0 Å². The van der Waals surface area contributed by atoms with E-state index < -0.39 is 17.5 Å². The summed E-state index contributed by atoms with van der Waals surface area (Å²) in [4.78, 5) is 13.9. The monoisotopic (exact) mass is 269 g/mol. The zero-order valence-electron chi connectivity index (χ0n) is 10.6. The van der Waals surface area contributed by atoms with Gasteiger partial charge in [0.15, 0.2) is 0 Å². The number of likely N-dealkylation sites (tertiary alicyclic amines) is 1. The highest BCUT2D eigenvalue weighted by molar-refractivity contribution is 5.94. The molecule has 0 aromatic heterocycles. The van der Waals surface area contributed by atoms with Gasteiger partial charge in [0.05, 0.1) is 5.56 Å². The second-order valence-electron chi connectivity index (χ2n) is 4.78. The number of hydrogen-bond donors (Lipinski definition) is 1. The molecular formula is C14H17F2NO2. The molecule has 0 saturated carbocycles. The first-order valence-corrected chi connectivity index (χ1v) is 6.50. The SMILES string of the molecule is O=C(c1ccc(F)cc1F)N1CCCCC1CCO. The Bertz CT molecular complexity index is 463. The van der Waals surface area contributed by atoms with Crippen molar-refractivity contribution in [1.29, 1.82) is 0 Å². The Labute approximate surface area is 110 Å². The molecule has 1 aliphatic heterocycles. The zero-order valence-corrected chi connectivity index (χ0v) is 10.6. The molecule has 1 aliphatic rings. The van der Waals surface area contributed by atoms with Crippen LogP contribution >= 0.6 is 0 Å². The molecule has 1 aromatic rings. The lowest BCUT2D eigenvalue weighted by Crippen LogP contribution is -2.44. The summed E-state index contributed by atoms with van der Waals surface area (Å²) < 4.78 is 26.5. The number of rotatable bonds is 3. The quantitative estimate of drug-likeness (QED) is 0.915. The maximum atomic E-state index is 13.6. The fourth-order valence-electron chi connectivity index (χ4n) is 2.53. The van der Waals surface area contributed by atoms with Crippen LogP contribution in [0.3, 0.4) is 0 Å². The zero-order chi connectivity index (χ0) is 13.8. The lowest BCUT2D eigenvalue weighted by atomic mass is 9.98. The van der Waals surface area contributed by atoms with Crippen molar-refractivity contribution < 1.29 is 18.7 Å². The van der Waals surface area contributed by atoms with Crippen molar-refractivity contribution in [3.8, 4) is 0 Å². The van der Waals surface area contributed by atoms with Crippen molar-refractivity contribution in [3.63, 3.8) is 0 Å². The number of aliphatic hydroxyl groups is 1. The molecule has 19 heavy (non-hydrogen) atoms. The highest BCUT2D eigenvalue weighted by Crippen LogP contribution is 2.23. The molecule has 1 fully saturated rings. The molecule has 3 nitrogen and oxygen atoms in total. The standard InChI is InChI=1S/C14H17F2NO2/c15-10-4-5-12(13(16)9-10)14(19)17-7-2-1-3-11(17)6-8-18/h4-5,9,11,18H,1-3,6-8H2. The predicted octanol–water partition coefficient (Wildman–Crippen LogP) is 2.34. The van der Waals surface area contributed by atoms with E-state index in [-0.39, 0.29) is 18.2 Å². The van der Waals surface area contributed by atoms with Gasteiger partial charge < -0.3 is 10.0 Å². The molecule has 0 spiro atoms. The Kier molecular flexibility index (Phi) is 4.47. The van der Waals surface area contributed by atoms with E-state index in [0.29, 0.717) is 13.0 Å². The first kappa shape index (κ1) is 13.9. The molecule has 0 radical (unpaired) electrons. The third-order valence-corrected chi connectivity index (χ3v) is 3.51. The van der Waals surface area contributed by atoms with Gasteiger partial charge in [-0.05, 0) is 37.8 Å².